The van der Waals surface area contributed by atoms with Crippen molar-refractivity contribution < 1.29 is 48.0 Å². The summed E-state index contributed by atoms with van der Waals surface area (Å²) in [7, 11) is 1.43. The number of ether oxygens (including phenoxy) is 5. The van der Waals surface area contributed by atoms with Crippen molar-refractivity contribution in [2.24, 2.45) is 11.3 Å². The summed E-state index contributed by atoms with van der Waals surface area (Å²) < 4.78 is 30.0. The number of carbonyl (C=O) groups is 4. The summed E-state index contributed by atoms with van der Waals surface area (Å²) in [6, 6.07) is 2.14. The second kappa shape index (κ2) is 16.2. The predicted octanol–water partition coefficient (Wildman–Crippen LogP) is 4.65. The van der Waals surface area contributed by atoms with Crippen LogP contribution >= 0.6 is 0 Å². The number of rotatable bonds is 11. The number of methoxy groups -OCH3 is 1. The summed E-state index contributed by atoms with van der Waals surface area (Å²) in [6.45, 7) is 13.3. The molecule has 2 amide bonds. The quantitative estimate of drug-likeness (QED) is 0.166. The van der Waals surface area contributed by atoms with Crippen LogP contribution in [0.2, 0.25) is 0 Å². The van der Waals surface area contributed by atoms with Crippen molar-refractivity contribution in [1.82, 2.24) is 19.9 Å². The third-order valence-corrected chi connectivity index (χ3v) is 9.25. The van der Waals surface area contributed by atoms with E-state index in [9.17, 15) is 24.3 Å². The molecule has 2 aromatic heterocycles. The van der Waals surface area contributed by atoms with E-state index in [-0.39, 0.29) is 24.8 Å². The van der Waals surface area contributed by atoms with Crippen molar-refractivity contribution in [3.8, 4) is 0 Å². The van der Waals surface area contributed by atoms with Gasteiger partial charge in [-0.2, -0.15) is 5.10 Å². The van der Waals surface area contributed by atoms with Gasteiger partial charge in [0.05, 0.1) is 5.69 Å². The van der Waals surface area contributed by atoms with Crippen LogP contribution in [0.5, 0.6) is 0 Å². The number of anilines is 1. The van der Waals surface area contributed by atoms with Gasteiger partial charge >= 0.3 is 18.0 Å². The Balaban J connectivity index is 1.60. The van der Waals surface area contributed by atoms with E-state index in [4.69, 9.17) is 23.7 Å². The molecule has 0 bridgehead atoms. The average Bonchev–Trinajstić information content (AvgIpc) is 3.48. The van der Waals surface area contributed by atoms with Gasteiger partial charge in [-0.3, -0.25) is 9.59 Å². The van der Waals surface area contributed by atoms with Crippen LogP contribution in [-0.4, -0.2) is 92.9 Å². The van der Waals surface area contributed by atoms with Crippen molar-refractivity contribution in [3.63, 3.8) is 0 Å². The van der Waals surface area contributed by atoms with Crippen molar-refractivity contribution in [1.29, 1.82) is 0 Å². The molecule has 0 aromatic carbocycles. The molecule has 15 heteroatoms. The van der Waals surface area contributed by atoms with Gasteiger partial charge in [0.25, 0.3) is 5.91 Å². The lowest BCUT2D eigenvalue weighted by atomic mass is 9.86. The van der Waals surface area contributed by atoms with Crippen LogP contribution in [0.25, 0.3) is 5.52 Å². The Kier molecular flexibility index (Phi) is 12.7. The number of aliphatic hydroxyl groups excluding tert-OH is 1. The lowest BCUT2D eigenvalue weighted by Crippen LogP contribution is -2.53. The molecule has 4 rings (SSSR count). The Morgan fingerprint density at radius 2 is 1.69 bits per heavy atom. The van der Waals surface area contributed by atoms with Gasteiger partial charge in [0.2, 0.25) is 0 Å². The fourth-order valence-corrected chi connectivity index (χ4v) is 6.17. The first kappa shape index (κ1) is 40.0. The number of aromatic nitrogens is 3. The number of nitrogens with one attached hydrogen (secondary N) is 2. The molecule has 3 heterocycles. The lowest BCUT2D eigenvalue weighted by molar-refractivity contribution is -0.164. The molecule has 5 atom stereocenters. The number of carbonyl (C=O) groups excluding carboxylic acids is 4. The molecule has 1 aliphatic heterocycles. The first-order chi connectivity index (χ1) is 23.8. The van der Waals surface area contributed by atoms with Crippen molar-refractivity contribution in [2.75, 3.05) is 19.0 Å². The van der Waals surface area contributed by atoms with Gasteiger partial charge in [0.1, 0.15) is 54.0 Å². The number of hydrogen-bond acceptors (Lipinski definition) is 12. The van der Waals surface area contributed by atoms with Gasteiger partial charge < -0.3 is 39.4 Å². The van der Waals surface area contributed by atoms with Crippen LogP contribution in [-0.2, 0) is 38.1 Å². The minimum atomic E-state index is -1.44. The van der Waals surface area contributed by atoms with Gasteiger partial charge in [-0.15, -0.1) is 0 Å². The van der Waals surface area contributed by atoms with E-state index in [1.807, 2.05) is 0 Å². The highest BCUT2D eigenvalue weighted by Crippen LogP contribution is 2.38. The maximum Gasteiger partial charge on any atom is 0.408 e. The number of esters is 2. The second-order valence-electron chi connectivity index (χ2n) is 16.0. The highest BCUT2D eigenvalue weighted by atomic mass is 16.6. The highest BCUT2D eigenvalue weighted by Gasteiger charge is 2.50. The van der Waals surface area contributed by atoms with Crippen LogP contribution in [0.15, 0.2) is 18.5 Å². The Morgan fingerprint density at radius 3 is 2.29 bits per heavy atom. The normalized spacial score (nSPS) is 22.5. The molecule has 3 N–H and O–H groups in total. The van der Waals surface area contributed by atoms with E-state index in [2.05, 4.69) is 20.7 Å². The Morgan fingerprint density at radius 1 is 1.02 bits per heavy atom. The van der Waals surface area contributed by atoms with Gasteiger partial charge in [-0.1, -0.05) is 46.5 Å². The van der Waals surface area contributed by atoms with Crippen molar-refractivity contribution in [3.05, 3.63) is 24.2 Å². The van der Waals surface area contributed by atoms with E-state index in [1.54, 1.807) is 67.5 Å². The third-order valence-electron chi connectivity index (χ3n) is 9.25. The fraction of sp³-hybridized carbons (Fsp3) is 0.722. The van der Waals surface area contributed by atoms with Crippen LogP contribution in [0.1, 0.15) is 112 Å². The zero-order chi connectivity index (χ0) is 37.7. The lowest BCUT2D eigenvalue weighted by Gasteiger charge is -2.32. The maximum atomic E-state index is 13.8. The van der Waals surface area contributed by atoms with Crippen molar-refractivity contribution >= 4 is 35.3 Å². The molecule has 1 saturated heterocycles. The third kappa shape index (κ3) is 10.4. The maximum absolute atomic E-state index is 13.8. The first-order valence-electron chi connectivity index (χ1n) is 17.7. The molecular weight excluding hydrogens is 662 g/mol. The van der Waals surface area contributed by atoms with Gasteiger partial charge in [-0.05, 0) is 70.9 Å². The van der Waals surface area contributed by atoms with Gasteiger partial charge in [-0.25, -0.2) is 19.1 Å². The van der Waals surface area contributed by atoms with Gasteiger partial charge in [0, 0.05) is 13.5 Å². The summed E-state index contributed by atoms with van der Waals surface area (Å²) >= 11 is 0. The number of fused-ring (bicyclic) bond motifs is 1. The summed E-state index contributed by atoms with van der Waals surface area (Å²) in [6.07, 6.45) is 2.19. The molecule has 2 aliphatic rings. The van der Waals surface area contributed by atoms with Crippen LogP contribution in [0, 0.1) is 11.3 Å². The number of nitrogens with zero attached hydrogens (tertiary/aromatic N) is 3. The Bertz CT molecular complexity index is 1540. The molecular formula is C36H55N5O10. The summed E-state index contributed by atoms with van der Waals surface area (Å²) in [5, 5.41) is 21.4. The molecule has 1 aliphatic carbocycles. The molecule has 284 valence electrons. The van der Waals surface area contributed by atoms with Gasteiger partial charge in [0.15, 0.2) is 11.9 Å². The van der Waals surface area contributed by atoms with Crippen LogP contribution in [0.4, 0.5) is 10.6 Å². The van der Waals surface area contributed by atoms with E-state index >= 15 is 0 Å². The van der Waals surface area contributed by atoms with E-state index in [1.165, 1.54) is 18.0 Å². The molecule has 0 radical (unpaired) electrons. The number of alkyl carbamates (subject to hydrolysis) is 1. The van der Waals surface area contributed by atoms with E-state index in [0.29, 0.717) is 11.2 Å². The average molecular weight is 718 g/mol. The van der Waals surface area contributed by atoms with E-state index < -0.39 is 71.0 Å². The number of amides is 2. The molecule has 1 saturated carbocycles. The van der Waals surface area contributed by atoms with Crippen LogP contribution < -0.4 is 10.6 Å². The SMILES string of the molecule is COC(C)(C)C(=O)Nc1ncnn2c([C@@H]3O[C@H](COC(=O)CC4CCCCCC4)[C@@H](OC(=O)[C@@H](NC(=O)OC(C)(C)C)C(C)(C)C)[C@H]3O)ccc12. The predicted molar refractivity (Wildman–Crippen MR) is 186 cm³/mol. The fourth-order valence-electron chi connectivity index (χ4n) is 6.17. The summed E-state index contributed by atoms with van der Waals surface area (Å²) in [5.74, 6) is -1.22. The molecule has 51 heavy (non-hydrogen) atoms. The van der Waals surface area contributed by atoms with E-state index in [0.717, 1.165) is 38.5 Å². The molecule has 0 unspecified atom stereocenters. The summed E-state index contributed by atoms with van der Waals surface area (Å²) in [5.41, 5.74) is -1.98. The zero-order valence-electron chi connectivity index (χ0n) is 31.3. The van der Waals surface area contributed by atoms with Crippen molar-refractivity contribution in [2.45, 2.75) is 142 Å². The second-order valence-corrected chi connectivity index (χ2v) is 16.0. The number of hydrogen-bond donors (Lipinski definition) is 3. The Labute approximate surface area is 299 Å². The molecule has 0 spiro atoms. The Hall–Kier alpha value is -3.82. The topological polar surface area (TPSA) is 189 Å². The largest absolute Gasteiger partial charge is 0.463 e. The minimum Gasteiger partial charge on any atom is -0.463 e. The minimum absolute atomic E-state index is 0.201. The highest BCUT2D eigenvalue weighted by molar-refractivity contribution is 5.98. The summed E-state index contributed by atoms with van der Waals surface area (Å²) in [4.78, 5) is 56.6. The monoisotopic (exact) mass is 717 g/mol. The molecule has 15 nitrogen and oxygen atoms in total. The van der Waals surface area contributed by atoms with Crippen LogP contribution in [0.3, 0.4) is 0 Å². The zero-order valence-corrected chi connectivity index (χ0v) is 31.3. The smallest absolute Gasteiger partial charge is 0.408 e. The molecule has 2 fully saturated rings. The number of aliphatic hydroxyl groups is 1. The first-order valence-corrected chi connectivity index (χ1v) is 17.7. The standard InChI is InChI=1S/C36H55N5O10/c1-34(2,3)29(39-33(46)51-35(4,5)6)31(44)50-28-24(19-48-25(42)18-21-14-12-10-11-13-15-21)49-27(26(28)43)22-16-17-23-30(37-20-38-41(22)23)40-32(45)36(7,8)47-9/h16-17,20-21,24,26-29,43H,10-15,18-19H2,1-9H3,(H,39,46)(H,37,38,40,45)/t24-,26+,27+,28-,29-/m1/s1. The molecule has 2 aromatic rings.